The molecule has 0 bridgehead atoms. The molecule has 0 aliphatic carbocycles. The summed E-state index contributed by atoms with van der Waals surface area (Å²) < 4.78 is 0. The molecule has 12 heavy (non-hydrogen) atoms. The maximum Gasteiger partial charge on any atom is 0.115 e. The Kier molecular flexibility index (Phi) is 3.11. The molecule has 0 fully saturated rings. The van der Waals surface area contributed by atoms with Crippen molar-refractivity contribution < 1.29 is 5.11 Å². The van der Waals surface area contributed by atoms with Gasteiger partial charge in [-0.3, -0.25) is 0 Å². The Bertz CT molecular complexity index is 258. The van der Waals surface area contributed by atoms with Crippen molar-refractivity contribution in [2.45, 2.75) is 20.4 Å². The molecule has 0 aromatic heterocycles. The van der Waals surface area contributed by atoms with Crippen LogP contribution in [0.15, 0.2) is 18.2 Å². The molecule has 2 heteroatoms. The van der Waals surface area contributed by atoms with Gasteiger partial charge < -0.3 is 10.4 Å². The Labute approximate surface area is 73.2 Å². The lowest BCUT2D eigenvalue weighted by Crippen LogP contribution is -2.12. The summed E-state index contributed by atoms with van der Waals surface area (Å²) >= 11 is 0. The fourth-order valence-corrected chi connectivity index (χ4v) is 1.14. The third-order valence-electron chi connectivity index (χ3n) is 1.89. The Morgan fingerprint density at radius 1 is 1.42 bits per heavy atom. The molecule has 1 rings (SSSR count). The van der Waals surface area contributed by atoms with Crippen LogP contribution in [0.5, 0.6) is 5.75 Å². The van der Waals surface area contributed by atoms with Gasteiger partial charge in [0.05, 0.1) is 0 Å². The van der Waals surface area contributed by atoms with E-state index in [1.165, 1.54) is 5.56 Å². The van der Waals surface area contributed by atoms with E-state index in [9.17, 15) is 0 Å². The standard InChI is InChI=1S/C10H15NO/c1-3-11-7-9-4-5-10(12)6-8(9)2/h4-6,11-12H,3,7H2,1-2H3. The molecule has 66 valence electrons. The molecule has 0 amide bonds. The number of benzene rings is 1. The monoisotopic (exact) mass is 165 g/mol. The highest BCUT2D eigenvalue weighted by Gasteiger charge is 1.97. The van der Waals surface area contributed by atoms with E-state index in [4.69, 9.17) is 5.11 Å². The first-order chi connectivity index (χ1) is 5.74. The largest absolute Gasteiger partial charge is 0.508 e. The number of aromatic hydroxyl groups is 1. The Morgan fingerprint density at radius 2 is 2.17 bits per heavy atom. The highest BCUT2D eigenvalue weighted by Crippen LogP contribution is 2.15. The molecular formula is C10H15NO. The van der Waals surface area contributed by atoms with E-state index in [1.54, 1.807) is 12.1 Å². The van der Waals surface area contributed by atoms with Crippen LogP contribution in [0.4, 0.5) is 0 Å². The molecule has 2 N–H and O–H groups in total. The maximum absolute atomic E-state index is 9.14. The first kappa shape index (κ1) is 9.07. The van der Waals surface area contributed by atoms with Crippen molar-refractivity contribution in [3.05, 3.63) is 29.3 Å². The van der Waals surface area contributed by atoms with Crippen molar-refractivity contribution in [2.24, 2.45) is 0 Å². The van der Waals surface area contributed by atoms with Gasteiger partial charge in [-0.25, -0.2) is 0 Å². The van der Waals surface area contributed by atoms with Crippen molar-refractivity contribution in [1.82, 2.24) is 5.32 Å². The summed E-state index contributed by atoms with van der Waals surface area (Å²) in [5, 5.41) is 12.4. The SMILES string of the molecule is CCNCc1ccc(O)cc1C. The van der Waals surface area contributed by atoms with E-state index >= 15 is 0 Å². The van der Waals surface area contributed by atoms with E-state index in [0.29, 0.717) is 5.75 Å². The smallest absolute Gasteiger partial charge is 0.115 e. The van der Waals surface area contributed by atoms with E-state index in [0.717, 1.165) is 18.7 Å². The van der Waals surface area contributed by atoms with Crippen molar-refractivity contribution in [1.29, 1.82) is 0 Å². The van der Waals surface area contributed by atoms with Crippen LogP contribution in [0.3, 0.4) is 0 Å². The molecule has 0 aliphatic rings. The van der Waals surface area contributed by atoms with Crippen molar-refractivity contribution >= 4 is 0 Å². The molecule has 0 aliphatic heterocycles. The predicted molar refractivity (Wildman–Crippen MR) is 50.2 cm³/mol. The summed E-state index contributed by atoms with van der Waals surface area (Å²) in [6.45, 7) is 5.94. The van der Waals surface area contributed by atoms with Gasteiger partial charge >= 0.3 is 0 Å². The number of phenolic OH excluding ortho intramolecular Hbond substituents is 1. The summed E-state index contributed by atoms with van der Waals surface area (Å²) in [4.78, 5) is 0. The third kappa shape index (κ3) is 2.24. The fourth-order valence-electron chi connectivity index (χ4n) is 1.14. The van der Waals surface area contributed by atoms with Gasteiger partial charge in [-0.1, -0.05) is 13.0 Å². The highest BCUT2D eigenvalue weighted by molar-refractivity contribution is 5.33. The zero-order chi connectivity index (χ0) is 8.97. The van der Waals surface area contributed by atoms with E-state index in [-0.39, 0.29) is 0 Å². The molecule has 0 spiro atoms. The number of hydrogen-bond acceptors (Lipinski definition) is 2. The van der Waals surface area contributed by atoms with Crippen molar-refractivity contribution in [3.63, 3.8) is 0 Å². The van der Waals surface area contributed by atoms with Gasteiger partial charge in [0.2, 0.25) is 0 Å². The van der Waals surface area contributed by atoms with Crippen LogP contribution < -0.4 is 5.32 Å². The first-order valence-electron chi connectivity index (χ1n) is 4.23. The minimum absolute atomic E-state index is 0.341. The van der Waals surface area contributed by atoms with Crippen LogP contribution in [0, 0.1) is 6.92 Å². The van der Waals surface area contributed by atoms with Crippen LogP contribution in [-0.2, 0) is 6.54 Å². The van der Waals surface area contributed by atoms with Crippen LogP contribution in [-0.4, -0.2) is 11.7 Å². The zero-order valence-electron chi connectivity index (χ0n) is 7.59. The minimum atomic E-state index is 0.341. The van der Waals surface area contributed by atoms with Crippen LogP contribution in [0.2, 0.25) is 0 Å². The minimum Gasteiger partial charge on any atom is -0.508 e. The Morgan fingerprint density at radius 3 is 2.75 bits per heavy atom. The lowest BCUT2D eigenvalue weighted by Gasteiger charge is -2.05. The number of phenols is 1. The Hall–Kier alpha value is -1.02. The number of hydrogen-bond donors (Lipinski definition) is 2. The predicted octanol–water partition coefficient (Wildman–Crippen LogP) is 1.81. The zero-order valence-corrected chi connectivity index (χ0v) is 7.59. The van der Waals surface area contributed by atoms with Gasteiger partial charge in [0.15, 0.2) is 0 Å². The van der Waals surface area contributed by atoms with Gasteiger partial charge in [0.1, 0.15) is 5.75 Å². The summed E-state index contributed by atoms with van der Waals surface area (Å²) in [5.41, 5.74) is 2.38. The first-order valence-corrected chi connectivity index (χ1v) is 4.23. The quantitative estimate of drug-likeness (QED) is 0.716. The molecule has 0 unspecified atom stereocenters. The maximum atomic E-state index is 9.14. The van der Waals surface area contributed by atoms with Crippen molar-refractivity contribution in [2.75, 3.05) is 6.54 Å². The lowest BCUT2D eigenvalue weighted by molar-refractivity contribution is 0.474. The summed E-state index contributed by atoms with van der Waals surface area (Å²) in [5.74, 6) is 0.341. The number of nitrogens with one attached hydrogen (secondary N) is 1. The van der Waals surface area contributed by atoms with Gasteiger partial charge in [0.25, 0.3) is 0 Å². The average molecular weight is 165 g/mol. The van der Waals surface area contributed by atoms with Gasteiger partial charge in [0, 0.05) is 6.54 Å². The van der Waals surface area contributed by atoms with E-state index in [2.05, 4.69) is 12.2 Å². The molecule has 1 aromatic carbocycles. The molecular weight excluding hydrogens is 150 g/mol. The fraction of sp³-hybridized carbons (Fsp3) is 0.400. The summed E-state index contributed by atoms with van der Waals surface area (Å²) in [7, 11) is 0. The molecule has 0 heterocycles. The summed E-state index contributed by atoms with van der Waals surface area (Å²) in [6.07, 6.45) is 0. The van der Waals surface area contributed by atoms with Gasteiger partial charge in [-0.05, 0) is 36.7 Å². The van der Waals surface area contributed by atoms with Crippen molar-refractivity contribution in [3.8, 4) is 5.75 Å². The Balaban J connectivity index is 2.72. The van der Waals surface area contributed by atoms with E-state index in [1.807, 2.05) is 13.0 Å². The van der Waals surface area contributed by atoms with Gasteiger partial charge in [-0.2, -0.15) is 0 Å². The second-order valence-electron chi connectivity index (χ2n) is 2.89. The van der Waals surface area contributed by atoms with Crippen LogP contribution >= 0.6 is 0 Å². The van der Waals surface area contributed by atoms with Crippen LogP contribution in [0.1, 0.15) is 18.1 Å². The summed E-state index contributed by atoms with van der Waals surface area (Å²) in [6, 6.07) is 5.46. The highest BCUT2D eigenvalue weighted by atomic mass is 16.3. The molecule has 0 saturated carbocycles. The third-order valence-corrected chi connectivity index (χ3v) is 1.89. The second kappa shape index (κ2) is 4.12. The number of aryl methyl sites for hydroxylation is 1. The molecule has 2 nitrogen and oxygen atoms in total. The lowest BCUT2D eigenvalue weighted by atomic mass is 10.1. The van der Waals surface area contributed by atoms with Crippen LogP contribution in [0.25, 0.3) is 0 Å². The second-order valence-corrected chi connectivity index (χ2v) is 2.89. The van der Waals surface area contributed by atoms with E-state index < -0.39 is 0 Å². The molecule has 0 radical (unpaired) electrons. The number of rotatable bonds is 3. The topological polar surface area (TPSA) is 32.3 Å². The molecule has 0 saturated heterocycles. The molecule has 1 aromatic rings. The van der Waals surface area contributed by atoms with Gasteiger partial charge in [-0.15, -0.1) is 0 Å². The normalized spacial score (nSPS) is 10.2. The molecule has 0 atom stereocenters. The average Bonchev–Trinajstić information content (AvgIpc) is 2.03.